The fourth-order valence-corrected chi connectivity index (χ4v) is 4.66. The molecule has 0 spiro atoms. The zero-order valence-corrected chi connectivity index (χ0v) is 18.7. The molecule has 0 bridgehead atoms. The molecule has 1 aliphatic heterocycles. The van der Waals surface area contributed by atoms with Crippen LogP contribution in [0, 0.1) is 6.92 Å². The molecule has 0 radical (unpaired) electrons. The van der Waals surface area contributed by atoms with Gasteiger partial charge in [0.05, 0.1) is 44.8 Å². The van der Waals surface area contributed by atoms with Crippen molar-refractivity contribution in [3.8, 4) is 17.2 Å². The molecule has 0 unspecified atom stereocenters. The Hall–Kier alpha value is -3.11. The standard InChI is InChI=1S/C21H24N4O5S/c1-12-16-19(25-5-7-30-8-6-25)22-11-23-21(16)31-18(12)20(26)24-13-9-14(27-2)17(29-4)15(10-13)28-3/h9-11H,5-8H2,1-4H3,(H,24,26). The summed E-state index contributed by atoms with van der Waals surface area (Å²) in [5.41, 5.74) is 1.39. The Balaban J connectivity index is 1.68. The van der Waals surface area contributed by atoms with Gasteiger partial charge in [-0.05, 0) is 12.5 Å². The first-order valence-electron chi connectivity index (χ1n) is 9.75. The Morgan fingerprint density at radius 2 is 1.77 bits per heavy atom. The highest BCUT2D eigenvalue weighted by molar-refractivity contribution is 7.20. The second-order valence-electron chi connectivity index (χ2n) is 6.90. The van der Waals surface area contributed by atoms with E-state index in [1.54, 1.807) is 18.5 Å². The van der Waals surface area contributed by atoms with Gasteiger partial charge in [-0.25, -0.2) is 9.97 Å². The van der Waals surface area contributed by atoms with E-state index in [0.717, 1.165) is 34.7 Å². The van der Waals surface area contributed by atoms with Crippen LogP contribution >= 0.6 is 11.3 Å². The monoisotopic (exact) mass is 444 g/mol. The molecule has 0 saturated carbocycles. The first kappa shape index (κ1) is 21.1. The van der Waals surface area contributed by atoms with Crippen LogP contribution in [0.4, 0.5) is 11.5 Å². The second kappa shape index (κ2) is 8.94. The van der Waals surface area contributed by atoms with Gasteiger partial charge < -0.3 is 29.2 Å². The highest BCUT2D eigenvalue weighted by Crippen LogP contribution is 2.40. The number of nitrogens with zero attached hydrogens (tertiary/aromatic N) is 3. The molecule has 1 aliphatic rings. The normalized spacial score (nSPS) is 13.9. The van der Waals surface area contributed by atoms with Gasteiger partial charge in [-0.2, -0.15) is 0 Å². The lowest BCUT2D eigenvalue weighted by atomic mass is 10.1. The van der Waals surface area contributed by atoms with Crippen molar-refractivity contribution in [2.75, 3.05) is 57.8 Å². The fraction of sp³-hybridized carbons (Fsp3) is 0.381. The summed E-state index contributed by atoms with van der Waals surface area (Å²) in [7, 11) is 4.60. The van der Waals surface area contributed by atoms with Crippen LogP contribution in [0.15, 0.2) is 18.5 Å². The Morgan fingerprint density at radius 1 is 1.10 bits per heavy atom. The molecule has 1 aromatic carbocycles. The highest BCUT2D eigenvalue weighted by atomic mass is 32.1. The molecule has 0 atom stereocenters. The Morgan fingerprint density at radius 3 is 2.39 bits per heavy atom. The number of carbonyl (C=O) groups excluding carboxylic acids is 1. The molecule has 10 heteroatoms. The number of rotatable bonds is 6. The summed E-state index contributed by atoms with van der Waals surface area (Å²) < 4.78 is 21.5. The van der Waals surface area contributed by atoms with Crippen LogP contribution in [0.1, 0.15) is 15.2 Å². The lowest BCUT2D eigenvalue weighted by molar-refractivity contribution is 0.103. The maximum atomic E-state index is 13.2. The molecule has 2 aromatic heterocycles. The summed E-state index contributed by atoms with van der Waals surface area (Å²) in [6.45, 7) is 4.76. The quantitative estimate of drug-likeness (QED) is 0.620. The SMILES string of the molecule is COc1cc(NC(=O)c2sc3ncnc(N4CCOCC4)c3c2C)cc(OC)c1OC. The summed E-state index contributed by atoms with van der Waals surface area (Å²) in [6.07, 6.45) is 1.55. The van der Waals surface area contributed by atoms with E-state index in [-0.39, 0.29) is 5.91 Å². The van der Waals surface area contributed by atoms with Gasteiger partial charge in [0.2, 0.25) is 5.75 Å². The molecule has 164 valence electrons. The van der Waals surface area contributed by atoms with E-state index < -0.39 is 0 Å². The van der Waals surface area contributed by atoms with Gasteiger partial charge in [-0.1, -0.05) is 0 Å². The predicted octanol–water partition coefficient (Wildman–Crippen LogP) is 3.11. The summed E-state index contributed by atoms with van der Waals surface area (Å²) in [6, 6.07) is 3.39. The third-order valence-electron chi connectivity index (χ3n) is 5.15. The number of carbonyl (C=O) groups is 1. The first-order valence-corrected chi connectivity index (χ1v) is 10.6. The lowest BCUT2D eigenvalue weighted by Gasteiger charge is -2.28. The van der Waals surface area contributed by atoms with Gasteiger partial charge in [0.25, 0.3) is 5.91 Å². The molecule has 3 aromatic rings. The second-order valence-corrected chi connectivity index (χ2v) is 7.90. The highest BCUT2D eigenvalue weighted by Gasteiger charge is 2.23. The van der Waals surface area contributed by atoms with Gasteiger partial charge in [0, 0.05) is 30.9 Å². The van der Waals surface area contributed by atoms with Gasteiger partial charge in [0.1, 0.15) is 17.0 Å². The fourth-order valence-electron chi connectivity index (χ4n) is 3.63. The Bertz CT molecular complexity index is 1090. The zero-order valence-electron chi connectivity index (χ0n) is 17.9. The topological polar surface area (TPSA) is 95.0 Å². The summed E-state index contributed by atoms with van der Waals surface area (Å²) in [4.78, 5) is 25.6. The van der Waals surface area contributed by atoms with E-state index in [9.17, 15) is 4.79 Å². The van der Waals surface area contributed by atoms with Crippen LogP contribution in [-0.4, -0.2) is 63.5 Å². The average molecular weight is 445 g/mol. The molecule has 3 heterocycles. The summed E-state index contributed by atoms with van der Waals surface area (Å²) in [5.74, 6) is 2.00. The number of aryl methyl sites for hydroxylation is 1. The largest absolute Gasteiger partial charge is 0.493 e. The van der Waals surface area contributed by atoms with E-state index in [1.807, 2.05) is 6.92 Å². The number of aromatic nitrogens is 2. The number of hydrogen-bond acceptors (Lipinski definition) is 9. The van der Waals surface area contributed by atoms with Crippen molar-refractivity contribution in [2.45, 2.75) is 6.92 Å². The third kappa shape index (κ3) is 3.96. The molecule has 31 heavy (non-hydrogen) atoms. The molecule has 9 nitrogen and oxygen atoms in total. The van der Waals surface area contributed by atoms with E-state index in [4.69, 9.17) is 18.9 Å². The van der Waals surface area contributed by atoms with Crippen molar-refractivity contribution in [3.05, 3.63) is 28.9 Å². The number of morpholine rings is 1. The molecule has 0 aliphatic carbocycles. The van der Waals surface area contributed by atoms with E-state index in [2.05, 4.69) is 20.2 Å². The minimum absolute atomic E-state index is 0.234. The molecule has 1 saturated heterocycles. The molecule has 1 fully saturated rings. The van der Waals surface area contributed by atoms with E-state index in [1.165, 1.54) is 32.7 Å². The molecule has 1 N–H and O–H groups in total. The number of nitrogens with one attached hydrogen (secondary N) is 1. The van der Waals surface area contributed by atoms with Crippen molar-refractivity contribution >= 4 is 39.0 Å². The maximum absolute atomic E-state index is 13.2. The number of fused-ring (bicyclic) bond motifs is 1. The van der Waals surface area contributed by atoms with Gasteiger partial charge in [-0.15, -0.1) is 11.3 Å². The summed E-state index contributed by atoms with van der Waals surface area (Å²) in [5, 5.41) is 3.84. The van der Waals surface area contributed by atoms with E-state index in [0.29, 0.717) is 41.0 Å². The van der Waals surface area contributed by atoms with Crippen LogP contribution in [0.5, 0.6) is 17.2 Å². The number of anilines is 2. The minimum atomic E-state index is -0.234. The van der Waals surface area contributed by atoms with Crippen molar-refractivity contribution in [2.24, 2.45) is 0 Å². The Labute approximate surface area is 183 Å². The predicted molar refractivity (Wildman–Crippen MR) is 119 cm³/mol. The van der Waals surface area contributed by atoms with Crippen molar-refractivity contribution in [1.29, 1.82) is 0 Å². The number of benzene rings is 1. The molecular formula is C21H24N4O5S. The third-order valence-corrected chi connectivity index (χ3v) is 6.34. The minimum Gasteiger partial charge on any atom is -0.493 e. The number of ether oxygens (including phenoxy) is 4. The zero-order chi connectivity index (χ0) is 22.0. The van der Waals surface area contributed by atoms with Gasteiger partial charge in [0.15, 0.2) is 11.5 Å². The molecule has 1 amide bonds. The molecular weight excluding hydrogens is 420 g/mol. The molecule has 4 rings (SSSR count). The average Bonchev–Trinajstić information content (AvgIpc) is 3.15. The lowest BCUT2D eigenvalue weighted by Crippen LogP contribution is -2.36. The van der Waals surface area contributed by atoms with Gasteiger partial charge in [-0.3, -0.25) is 4.79 Å². The number of methoxy groups -OCH3 is 3. The number of thiophene rings is 1. The van der Waals surface area contributed by atoms with Crippen LogP contribution in [0.2, 0.25) is 0 Å². The van der Waals surface area contributed by atoms with Crippen LogP contribution in [-0.2, 0) is 4.74 Å². The van der Waals surface area contributed by atoms with Crippen LogP contribution < -0.4 is 24.4 Å². The van der Waals surface area contributed by atoms with Crippen LogP contribution in [0.3, 0.4) is 0 Å². The van der Waals surface area contributed by atoms with Crippen molar-refractivity contribution in [3.63, 3.8) is 0 Å². The Kier molecular flexibility index (Phi) is 6.10. The van der Waals surface area contributed by atoms with E-state index >= 15 is 0 Å². The maximum Gasteiger partial charge on any atom is 0.266 e. The number of hydrogen-bond donors (Lipinski definition) is 1. The number of amides is 1. The summed E-state index contributed by atoms with van der Waals surface area (Å²) >= 11 is 1.35. The van der Waals surface area contributed by atoms with Crippen molar-refractivity contribution in [1.82, 2.24) is 9.97 Å². The van der Waals surface area contributed by atoms with Gasteiger partial charge >= 0.3 is 0 Å². The first-order chi connectivity index (χ1) is 15.1. The van der Waals surface area contributed by atoms with Crippen LogP contribution in [0.25, 0.3) is 10.2 Å². The van der Waals surface area contributed by atoms with Crippen molar-refractivity contribution < 1.29 is 23.7 Å². The smallest absolute Gasteiger partial charge is 0.266 e.